The maximum atomic E-state index is 14.6. The molecule has 0 spiro atoms. The van der Waals surface area contributed by atoms with Crippen LogP contribution in [0.25, 0.3) is 0 Å². The Bertz CT molecular complexity index is 919. The van der Waals surface area contributed by atoms with Crippen molar-refractivity contribution in [2.24, 2.45) is 4.99 Å². The molecule has 1 heterocycles. The molecule has 0 saturated heterocycles. The zero-order valence-electron chi connectivity index (χ0n) is 16.9. The standard InChI is InChI=1S/C19H24F3N5O2/c1-11(13-7-6-12(8-15(13)20)19(2,21)22)27-17(24-18(23-3)26(4)5)14(9-28)16(10-29)25-27/h6-9,11,29H,10H2,1-5H3,(H,23,24). The Balaban J connectivity index is 2.65. The summed E-state index contributed by atoms with van der Waals surface area (Å²) in [7, 11) is 5.10. The summed E-state index contributed by atoms with van der Waals surface area (Å²) in [6.45, 7) is 1.77. The number of nitrogens with zero attached hydrogens (tertiary/aromatic N) is 4. The van der Waals surface area contributed by atoms with E-state index in [2.05, 4.69) is 15.4 Å². The van der Waals surface area contributed by atoms with Crippen molar-refractivity contribution in [1.29, 1.82) is 0 Å². The fourth-order valence-electron chi connectivity index (χ4n) is 2.85. The number of halogens is 3. The van der Waals surface area contributed by atoms with Gasteiger partial charge in [0.2, 0.25) is 0 Å². The fourth-order valence-corrected chi connectivity index (χ4v) is 2.85. The maximum Gasteiger partial charge on any atom is 0.270 e. The van der Waals surface area contributed by atoms with Gasteiger partial charge in [0.15, 0.2) is 18.1 Å². The van der Waals surface area contributed by atoms with E-state index in [1.807, 2.05) is 0 Å². The SMILES string of the molecule is CN/C(=N\c1c(C=O)c(CO)nn1C(C)c1ccc(C(C)(F)F)cc1F)N(C)C. The summed E-state index contributed by atoms with van der Waals surface area (Å²) in [5.74, 6) is -3.50. The number of benzene rings is 1. The van der Waals surface area contributed by atoms with Gasteiger partial charge in [0, 0.05) is 39.2 Å². The number of aliphatic hydroxyl groups is 1. The molecule has 0 radical (unpaired) electrons. The summed E-state index contributed by atoms with van der Waals surface area (Å²) in [5.41, 5.74) is -0.211. The molecular formula is C19H24F3N5O2. The average Bonchev–Trinajstić information content (AvgIpc) is 3.01. The molecule has 2 rings (SSSR count). The van der Waals surface area contributed by atoms with Gasteiger partial charge in [-0.15, -0.1) is 0 Å². The molecule has 0 bridgehead atoms. The Morgan fingerprint density at radius 2 is 2.10 bits per heavy atom. The van der Waals surface area contributed by atoms with Crippen LogP contribution in [0.1, 0.15) is 47.1 Å². The van der Waals surface area contributed by atoms with Crippen molar-refractivity contribution in [2.75, 3.05) is 21.1 Å². The first-order valence-electron chi connectivity index (χ1n) is 8.84. The van der Waals surface area contributed by atoms with Gasteiger partial charge in [-0.1, -0.05) is 12.1 Å². The lowest BCUT2D eigenvalue weighted by Crippen LogP contribution is -2.33. The Hall–Kier alpha value is -2.88. The lowest BCUT2D eigenvalue weighted by Gasteiger charge is -2.19. The van der Waals surface area contributed by atoms with E-state index in [0.29, 0.717) is 19.2 Å². The molecule has 10 heteroatoms. The molecule has 0 fully saturated rings. The quantitative estimate of drug-likeness (QED) is 0.434. The molecule has 0 aliphatic carbocycles. The number of aliphatic hydroxyl groups excluding tert-OH is 1. The van der Waals surface area contributed by atoms with Crippen molar-refractivity contribution in [3.05, 3.63) is 46.4 Å². The van der Waals surface area contributed by atoms with Crippen molar-refractivity contribution in [2.45, 2.75) is 32.4 Å². The van der Waals surface area contributed by atoms with E-state index in [4.69, 9.17) is 0 Å². The molecular weight excluding hydrogens is 387 g/mol. The third kappa shape index (κ3) is 4.58. The van der Waals surface area contributed by atoms with Crippen molar-refractivity contribution in [3.8, 4) is 0 Å². The molecule has 1 aromatic heterocycles. The Labute approximate surface area is 166 Å². The number of hydrogen-bond donors (Lipinski definition) is 2. The Morgan fingerprint density at radius 1 is 1.45 bits per heavy atom. The second kappa shape index (κ2) is 8.64. The molecule has 2 aromatic rings. The number of aromatic nitrogens is 2. The molecule has 7 nitrogen and oxygen atoms in total. The highest BCUT2D eigenvalue weighted by molar-refractivity contribution is 5.88. The summed E-state index contributed by atoms with van der Waals surface area (Å²) in [6, 6.07) is 2.40. The van der Waals surface area contributed by atoms with Crippen LogP contribution in [0.4, 0.5) is 19.0 Å². The number of nitrogens with one attached hydrogen (secondary N) is 1. The number of rotatable bonds is 6. The van der Waals surface area contributed by atoms with E-state index in [1.54, 1.807) is 33.0 Å². The van der Waals surface area contributed by atoms with E-state index in [-0.39, 0.29) is 22.6 Å². The molecule has 0 aliphatic rings. The maximum absolute atomic E-state index is 14.6. The summed E-state index contributed by atoms with van der Waals surface area (Å²) in [4.78, 5) is 17.7. The predicted molar refractivity (Wildman–Crippen MR) is 103 cm³/mol. The van der Waals surface area contributed by atoms with E-state index in [0.717, 1.165) is 12.1 Å². The molecule has 0 saturated carbocycles. The molecule has 1 aromatic carbocycles. The highest BCUT2D eigenvalue weighted by Crippen LogP contribution is 2.33. The predicted octanol–water partition coefficient (Wildman–Crippen LogP) is 2.82. The van der Waals surface area contributed by atoms with Crippen LogP contribution in [-0.2, 0) is 12.5 Å². The van der Waals surface area contributed by atoms with Crippen LogP contribution in [0.15, 0.2) is 23.2 Å². The smallest absolute Gasteiger partial charge is 0.270 e. The van der Waals surface area contributed by atoms with Crippen LogP contribution in [0, 0.1) is 5.82 Å². The van der Waals surface area contributed by atoms with Crippen LogP contribution < -0.4 is 5.32 Å². The first-order chi connectivity index (χ1) is 13.5. The molecule has 0 amide bonds. The van der Waals surface area contributed by atoms with E-state index < -0.39 is 30.0 Å². The molecule has 158 valence electrons. The monoisotopic (exact) mass is 411 g/mol. The van der Waals surface area contributed by atoms with Crippen molar-refractivity contribution >= 4 is 18.1 Å². The largest absolute Gasteiger partial charge is 0.390 e. The Kier molecular flexibility index (Phi) is 6.68. The van der Waals surface area contributed by atoms with Crippen LogP contribution in [0.3, 0.4) is 0 Å². The van der Waals surface area contributed by atoms with Crippen LogP contribution in [-0.4, -0.2) is 53.2 Å². The van der Waals surface area contributed by atoms with Gasteiger partial charge in [-0.3, -0.25) is 4.79 Å². The molecule has 1 unspecified atom stereocenters. The van der Waals surface area contributed by atoms with Gasteiger partial charge in [-0.25, -0.2) is 17.9 Å². The van der Waals surface area contributed by atoms with E-state index in [1.165, 1.54) is 10.7 Å². The zero-order chi connectivity index (χ0) is 21.9. The highest BCUT2D eigenvalue weighted by Gasteiger charge is 2.28. The third-order valence-corrected chi connectivity index (χ3v) is 4.45. The van der Waals surface area contributed by atoms with Gasteiger partial charge in [-0.05, 0) is 13.0 Å². The second-order valence-corrected chi connectivity index (χ2v) is 6.78. The first kappa shape index (κ1) is 22.4. The summed E-state index contributed by atoms with van der Waals surface area (Å²) in [6.07, 6.45) is 0.515. The van der Waals surface area contributed by atoms with Gasteiger partial charge in [-0.2, -0.15) is 10.1 Å². The van der Waals surface area contributed by atoms with Gasteiger partial charge >= 0.3 is 0 Å². The van der Waals surface area contributed by atoms with Crippen LogP contribution in [0.5, 0.6) is 0 Å². The summed E-state index contributed by atoms with van der Waals surface area (Å²) < 4.78 is 42.9. The summed E-state index contributed by atoms with van der Waals surface area (Å²) in [5, 5.41) is 16.6. The Morgan fingerprint density at radius 3 is 2.55 bits per heavy atom. The molecule has 2 N–H and O–H groups in total. The number of carbonyl (C=O) groups is 1. The molecule has 1 atom stereocenters. The van der Waals surface area contributed by atoms with Gasteiger partial charge in [0.1, 0.15) is 11.5 Å². The fraction of sp³-hybridized carbons (Fsp3) is 0.421. The van der Waals surface area contributed by atoms with Crippen LogP contribution in [0.2, 0.25) is 0 Å². The third-order valence-electron chi connectivity index (χ3n) is 4.45. The molecule has 29 heavy (non-hydrogen) atoms. The first-order valence-corrected chi connectivity index (χ1v) is 8.84. The zero-order valence-corrected chi connectivity index (χ0v) is 16.9. The number of guanidine groups is 1. The topological polar surface area (TPSA) is 82.7 Å². The van der Waals surface area contributed by atoms with E-state index >= 15 is 0 Å². The van der Waals surface area contributed by atoms with Crippen molar-refractivity contribution in [1.82, 2.24) is 20.0 Å². The van der Waals surface area contributed by atoms with Crippen molar-refractivity contribution < 1.29 is 23.1 Å². The minimum atomic E-state index is -3.17. The normalized spacial score (nSPS) is 13.3. The second-order valence-electron chi connectivity index (χ2n) is 6.78. The number of aldehydes is 1. The highest BCUT2D eigenvalue weighted by atomic mass is 19.3. The lowest BCUT2D eigenvalue weighted by atomic mass is 10.0. The van der Waals surface area contributed by atoms with Gasteiger partial charge < -0.3 is 15.3 Å². The average molecular weight is 411 g/mol. The van der Waals surface area contributed by atoms with E-state index in [9.17, 15) is 23.1 Å². The number of hydrogen-bond acceptors (Lipinski definition) is 4. The van der Waals surface area contributed by atoms with Gasteiger partial charge in [0.05, 0.1) is 18.2 Å². The summed E-state index contributed by atoms with van der Waals surface area (Å²) >= 11 is 0. The van der Waals surface area contributed by atoms with Crippen molar-refractivity contribution in [3.63, 3.8) is 0 Å². The van der Waals surface area contributed by atoms with Crippen LogP contribution >= 0.6 is 0 Å². The lowest BCUT2D eigenvalue weighted by molar-refractivity contribution is 0.0171. The number of alkyl halides is 2. The molecule has 0 aliphatic heterocycles. The minimum Gasteiger partial charge on any atom is -0.390 e. The number of carbonyl (C=O) groups excluding carboxylic acids is 1. The minimum absolute atomic E-state index is 0.0612. The number of aliphatic imine (C=N–C) groups is 1. The van der Waals surface area contributed by atoms with Gasteiger partial charge in [0.25, 0.3) is 5.92 Å².